The Morgan fingerprint density at radius 3 is 1.99 bits per heavy atom. The predicted octanol–water partition coefficient (Wildman–Crippen LogP) is 14.9. The van der Waals surface area contributed by atoms with E-state index in [0.29, 0.717) is 17.5 Å². The fraction of sp³-hybridized carbons (Fsp3) is 0.104. The summed E-state index contributed by atoms with van der Waals surface area (Å²) in [5.74, 6) is 2.69. The summed E-state index contributed by atoms with van der Waals surface area (Å²) < 4.78 is 2.44. The molecular formula is C67H45NO2. The van der Waals surface area contributed by atoms with Crippen LogP contribution in [-0.4, -0.2) is 16.1 Å². The fourth-order valence-corrected chi connectivity index (χ4v) is 13.8. The van der Waals surface area contributed by atoms with Crippen molar-refractivity contribution in [2.24, 2.45) is 0 Å². The first-order valence-corrected chi connectivity index (χ1v) is 24.4. The molecule has 0 N–H and O–H groups in total. The number of nitrogens with zero attached hydrogens (tertiary/aromatic N) is 1. The summed E-state index contributed by atoms with van der Waals surface area (Å²) in [6.45, 7) is 6.09. The van der Waals surface area contributed by atoms with Crippen molar-refractivity contribution in [3.8, 4) is 40.3 Å². The van der Waals surface area contributed by atoms with Crippen molar-refractivity contribution < 1.29 is 9.59 Å². The molecule has 0 saturated carbocycles. The minimum Gasteiger partial charge on any atom is -0.310 e. The summed E-state index contributed by atoms with van der Waals surface area (Å²) in [6.07, 6.45) is 21.5. The fourth-order valence-electron chi connectivity index (χ4n) is 13.8. The monoisotopic (exact) mass is 895 g/mol. The first-order chi connectivity index (χ1) is 34.4. The number of Topliss-reactive ketones (excluding diaryl/α,β-unsaturated/α-hetero) is 1. The average molecular weight is 896 g/mol. The maximum absolute atomic E-state index is 15.6. The number of benzene rings is 7. The lowest BCUT2D eigenvalue weighted by Gasteiger charge is -2.34. The lowest BCUT2D eigenvalue weighted by molar-refractivity contribution is 0.102. The third-order valence-corrected chi connectivity index (χ3v) is 16.6. The van der Waals surface area contributed by atoms with Crippen LogP contribution < -0.4 is 0 Å². The topological polar surface area (TPSA) is 39.1 Å². The molecule has 1 aromatic heterocycles. The zero-order valence-corrected chi connectivity index (χ0v) is 38.8. The summed E-state index contributed by atoms with van der Waals surface area (Å²) >= 11 is 0. The molecule has 2 spiro atoms. The highest BCUT2D eigenvalue weighted by Gasteiger charge is 2.54. The van der Waals surface area contributed by atoms with Crippen LogP contribution in [0.15, 0.2) is 205 Å². The Labute approximate surface area is 407 Å². The van der Waals surface area contributed by atoms with Gasteiger partial charge in [0.05, 0.1) is 16.3 Å². The molecule has 0 radical (unpaired) electrons. The summed E-state index contributed by atoms with van der Waals surface area (Å²) in [7, 11) is 0. The van der Waals surface area contributed by atoms with E-state index in [0.717, 1.165) is 86.2 Å². The molecule has 3 heteroatoms. The Kier molecular flexibility index (Phi) is 8.51. The van der Waals surface area contributed by atoms with Gasteiger partial charge in [0.2, 0.25) is 0 Å². The molecule has 0 aliphatic heterocycles. The SMILES string of the molecule is C#C/C=C\C1=C(C)C2(C3=C(CCC(C(=O)c4ccc5c(c4)C4(c6ccccc6-c6ccccc64)c4cc(C(=O)C=C)ccc4-5)=C3)c3ccccc32)c2cc(-n3c4c(c5ccccc53)CCC=C4)ccc21. The highest BCUT2D eigenvalue weighted by atomic mass is 16.1. The van der Waals surface area contributed by atoms with Gasteiger partial charge >= 0.3 is 0 Å². The molecule has 70 heavy (non-hydrogen) atoms. The molecule has 0 fully saturated rings. The van der Waals surface area contributed by atoms with Gasteiger partial charge in [-0.1, -0.05) is 146 Å². The van der Waals surface area contributed by atoms with E-state index in [1.165, 1.54) is 61.6 Å². The molecule has 1 heterocycles. The van der Waals surface area contributed by atoms with E-state index in [9.17, 15) is 4.79 Å². The van der Waals surface area contributed by atoms with Gasteiger partial charge < -0.3 is 4.57 Å². The molecule has 6 aliphatic rings. The zero-order valence-electron chi connectivity index (χ0n) is 38.8. The third kappa shape index (κ3) is 5.05. The maximum atomic E-state index is 15.6. The predicted molar refractivity (Wildman–Crippen MR) is 284 cm³/mol. The minimum absolute atomic E-state index is 0.0342. The molecule has 7 aromatic carbocycles. The number of hydrogen-bond donors (Lipinski definition) is 0. The number of fused-ring (bicyclic) bond motifs is 19. The smallest absolute Gasteiger partial charge is 0.189 e. The van der Waals surface area contributed by atoms with Crippen LogP contribution in [0.2, 0.25) is 0 Å². The minimum atomic E-state index is -0.727. The Morgan fingerprint density at radius 1 is 0.643 bits per heavy atom. The second-order valence-corrected chi connectivity index (χ2v) is 19.5. The summed E-state index contributed by atoms with van der Waals surface area (Å²) in [5, 5.41) is 1.30. The third-order valence-electron chi connectivity index (χ3n) is 16.6. The normalized spacial score (nSPS) is 18.0. The maximum Gasteiger partial charge on any atom is 0.189 e. The first-order valence-electron chi connectivity index (χ1n) is 24.4. The van der Waals surface area contributed by atoms with Gasteiger partial charge in [-0.2, -0.15) is 0 Å². The Balaban J connectivity index is 0.960. The van der Waals surface area contributed by atoms with Crippen LogP contribution >= 0.6 is 0 Å². The number of carbonyl (C=O) groups is 2. The molecule has 0 saturated heterocycles. The molecule has 1 atom stereocenters. The van der Waals surface area contributed by atoms with E-state index in [1.807, 2.05) is 18.2 Å². The Morgan fingerprint density at radius 2 is 1.26 bits per heavy atom. The van der Waals surface area contributed by atoms with E-state index < -0.39 is 10.8 Å². The van der Waals surface area contributed by atoms with E-state index in [1.54, 1.807) is 0 Å². The van der Waals surface area contributed by atoms with Crippen LogP contribution in [-0.2, 0) is 17.3 Å². The number of para-hydroxylation sites is 1. The molecule has 0 bridgehead atoms. The van der Waals surface area contributed by atoms with Crippen LogP contribution in [0.1, 0.15) is 103 Å². The number of rotatable bonds is 6. The largest absolute Gasteiger partial charge is 0.310 e. The highest BCUT2D eigenvalue weighted by Crippen LogP contribution is 2.65. The van der Waals surface area contributed by atoms with Crippen LogP contribution in [0, 0.1) is 12.3 Å². The van der Waals surface area contributed by atoms with Crippen LogP contribution in [0.4, 0.5) is 0 Å². The van der Waals surface area contributed by atoms with Crippen molar-refractivity contribution in [3.05, 3.63) is 272 Å². The van der Waals surface area contributed by atoms with E-state index >= 15 is 4.79 Å². The van der Waals surface area contributed by atoms with Crippen molar-refractivity contribution in [2.75, 3.05) is 0 Å². The number of terminal acetylenes is 1. The van der Waals surface area contributed by atoms with Gasteiger partial charge in [0.1, 0.15) is 0 Å². The molecule has 3 nitrogen and oxygen atoms in total. The lowest BCUT2D eigenvalue weighted by atomic mass is 9.67. The van der Waals surface area contributed by atoms with E-state index in [-0.39, 0.29) is 11.6 Å². The van der Waals surface area contributed by atoms with Gasteiger partial charge in [0, 0.05) is 33.5 Å². The van der Waals surface area contributed by atoms with Crippen molar-refractivity contribution >= 4 is 39.7 Å². The molecule has 8 aromatic rings. The van der Waals surface area contributed by atoms with Gasteiger partial charge in [-0.25, -0.2) is 0 Å². The van der Waals surface area contributed by atoms with Crippen molar-refractivity contribution in [1.82, 2.24) is 4.57 Å². The van der Waals surface area contributed by atoms with Gasteiger partial charge in [0.15, 0.2) is 11.6 Å². The summed E-state index contributed by atoms with van der Waals surface area (Å²) in [4.78, 5) is 28.9. The second kappa shape index (κ2) is 14.7. The molecule has 1 unspecified atom stereocenters. The molecule has 14 rings (SSSR count). The molecule has 6 aliphatic carbocycles. The number of carbonyl (C=O) groups excluding carboxylic acids is 2. The van der Waals surface area contributed by atoms with Gasteiger partial charge in [-0.3, -0.25) is 9.59 Å². The van der Waals surface area contributed by atoms with Crippen molar-refractivity contribution in [1.29, 1.82) is 0 Å². The molecule has 330 valence electrons. The number of allylic oxidation sites excluding steroid dienone is 10. The van der Waals surface area contributed by atoms with Crippen LogP contribution in [0.3, 0.4) is 0 Å². The van der Waals surface area contributed by atoms with Crippen molar-refractivity contribution in [3.63, 3.8) is 0 Å². The summed E-state index contributed by atoms with van der Waals surface area (Å²) in [6, 6.07) is 54.3. The van der Waals surface area contributed by atoms with Crippen LogP contribution in [0.5, 0.6) is 0 Å². The van der Waals surface area contributed by atoms with Gasteiger partial charge in [-0.05, 0) is 182 Å². The highest BCUT2D eigenvalue weighted by molar-refractivity contribution is 6.12. The van der Waals surface area contributed by atoms with Gasteiger partial charge in [0.25, 0.3) is 0 Å². The number of ketones is 2. The standard InChI is InChI=1S/C67H45NO2/c1-4-6-17-45-40(3)66(61-39-44(31-35-49(45)61)68-62-26-15-10-21-53(62)54-22-11-16-27-63(54)68)55-23-12-7-20-48(55)50-33-29-42(37-58(50)66)65(70)43-30-34-52-51-32-28-41(64(69)5-2)36-59(51)67(60(52)38-43)56-24-13-8-18-46(56)47-19-9-14-25-57(47)67/h1,5-10,12-21,23-28,30-32,34-39H,2,11,22,29,33H2,3H3/b17-6-. The Bertz CT molecular complexity index is 3930. The molecule has 0 amide bonds. The van der Waals surface area contributed by atoms with Crippen molar-refractivity contribution in [2.45, 2.75) is 43.4 Å². The van der Waals surface area contributed by atoms with E-state index in [4.69, 9.17) is 6.42 Å². The molecular weight excluding hydrogens is 851 g/mol. The number of hydrogen-bond acceptors (Lipinski definition) is 2. The number of aromatic nitrogens is 1. The number of aryl methyl sites for hydroxylation is 1. The average Bonchev–Trinajstić information content (AvgIpc) is 4.16. The first kappa shape index (κ1) is 40.5. The van der Waals surface area contributed by atoms with Gasteiger partial charge in [-0.15, -0.1) is 6.42 Å². The van der Waals surface area contributed by atoms with Crippen LogP contribution in [0.25, 0.3) is 56.1 Å². The zero-order chi connectivity index (χ0) is 47.0. The van der Waals surface area contributed by atoms with E-state index in [2.05, 4.69) is 188 Å². The quantitative estimate of drug-likeness (QED) is 0.0948. The second-order valence-electron chi connectivity index (χ2n) is 19.5. The summed E-state index contributed by atoms with van der Waals surface area (Å²) in [5.41, 5.74) is 24.2. The lowest BCUT2D eigenvalue weighted by Crippen LogP contribution is -2.28. The Hall–Kier alpha value is -8.58.